The Labute approximate surface area is 188 Å². The number of fused-ring (bicyclic) bond motifs is 1. The molecule has 1 aliphatic heterocycles. The standard InChI is InChI=1S/C20H25ClN4O2.HI/c1-2-22-20(23-9-8-15-5-7-19(21)24-13-15)25-14-16-4-6-17-18(12-16)27-11-3-10-26-17;/h4-7,12-13H,2-3,8-11,14H2,1H3,(H2,22,23,25);1H. The third-order valence-electron chi connectivity index (χ3n) is 4.07. The number of halogens is 2. The molecule has 0 saturated carbocycles. The van der Waals surface area contributed by atoms with E-state index in [1.807, 2.05) is 31.2 Å². The van der Waals surface area contributed by atoms with Gasteiger partial charge in [0.05, 0.1) is 19.8 Å². The van der Waals surface area contributed by atoms with Gasteiger partial charge in [-0.05, 0) is 42.7 Å². The summed E-state index contributed by atoms with van der Waals surface area (Å²) in [7, 11) is 0. The fourth-order valence-corrected chi connectivity index (χ4v) is 2.81. The number of aliphatic imine (C=N–C) groups is 1. The summed E-state index contributed by atoms with van der Waals surface area (Å²) in [6, 6.07) is 9.78. The number of hydrogen-bond donors (Lipinski definition) is 2. The van der Waals surface area contributed by atoms with Crippen LogP contribution in [0, 0.1) is 0 Å². The first kappa shape index (κ1) is 22.5. The SMILES string of the molecule is CCNC(=NCc1ccc2c(c1)OCCCO2)NCCc1ccc(Cl)nc1.I. The van der Waals surface area contributed by atoms with Crippen LogP contribution in [-0.4, -0.2) is 37.2 Å². The van der Waals surface area contributed by atoms with Crippen LogP contribution in [-0.2, 0) is 13.0 Å². The van der Waals surface area contributed by atoms with E-state index in [9.17, 15) is 0 Å². The third kappa shape index (κ3) is 7.01. The predicted molar refractivity (Wildman–Crippen MR) is 123 cm³/mol. The Morgan fingerprint density at radius 1 is 1.11 bits per heavy atom. The van der Waals surface area contributed by atoms with Crippen molar-refractivity contribution in [3.05, 3.63) is 52.8 Å². The molecule has 1 aromatic heterocycles. The molecular weight excluding hydrogens is 491 g/mol. The molecular formula is C20H26ClIN4O2. The first-order chi connectivity index (χ1) is 13.2. The van der Waals surface area contributed by atoms with Crippen LogP contribution in [0.2, 0.25) is 5.15 Å². The van der Waals surface area contributed by atoms with Crippen molar-refractivity contribution in [3.63, 3.8) is 0 Å². The van der Waals surface area contributed by atoms with Gasteiger partial charge in [0.15, 0.2) is 17.5 Å². The lowest BCUT2D eigenvalue weighted by Gasteiger charge is -2.12. The fourth-order valence-electron chi connectivity index (χ4n) is 2.70. The Morgan fingerprint density at radius 3 is 2.64 bits per heavy atom. The molecule has 8 heteroatoms. The van der Waals surface area contributed by atoms with E-state index in [0.29, 0.717) is 24.9 Å². The van der Waals surface area contributed by atoms with Crippen molar-refractivity contribution in [1.29, 1.82) is 0 Å². The number of hydrogen-bond acceptors (Lipinski definition) is 4. The largest absolute Gasteiger partial charge is 0.490 e. The molecule has 0 bridgehead atoms. The number of aromatic nitrogens is 1. The molecule has 0 aliphatic carbocycles. The van der Waals surface area contributed by atoms with Gasteiger partial charge in [-0.15, -0.1) is 24.0 Å². The summed E-state index contributed by atoms with van der Waals surface area (Å²) in [5.41, 5.74) is 2.21. The monoisotopic (exact) mass is 516 g/mol. The molecule has 0 radical (unpaired) electrons. The summed E-state index contributed by atoms with van der Waals surface area (Å²) in [6.45, 7) is 5.56. The number of rotatable bonds is 6. The van der Waals surface area contributed by atoms with Crippen molar-refractivity contribution in [2.24, 2.45) is 4.99 Å². The lowest BCUT2D eigenvalue weighted by atomic mass is 10.2. The average molecular weight is 517 g/mol. The predicted octanol–water partition coefficient (Wildman–Crippen LogP) is 3.81. The number of ether oxygens (including phenoxy) is 2. The van der Waals surface area contributed by atoms with Gasteiger partial charge in [0.2, 0.25) is 0 Å². The van der Waals surface area contributed by atoms with E-state index in [-0.39, 0.29) is 24.0 Å². The third-order valence-corrected chi connectivity index (χ3v) is 4.29. The van der Waals surface area contributed by atoms with Crippen LogP contribution in [0.25, 0.3) is 0 Å². The van der Waals surface area contributed by atoms with Crippen LogP contribution in [0.3, 0.4) is 0 Å². The molecule has 0 fully saturated rings. The van der Waals surface area contributed by atoms with E-state index < -0.39 is 0 Å². The second-order valence-corrected chi connectivity index (χ2v) is 6.58. The summed E-state index contributed by atoms with van der Waals surface area (Å²) in [5.74, 6) is 2.39. The number of pyridine rings is 1. The van der Waals surface area contributed by atoms with Crippen LogP contribution in [0.5, 0.6) is 11.5 Å². The van der Waals surface area contributed by atoms with Crippen molar-refractivity contribution in [3.8, 4) is 11.5 Å². The Bertz CT molecular complexity index is 771. The average Bonchev–Trinajstić information content (AvgIpc) is 2.92. The number of nitrogens with zero attached hydrogens (tertiary/aromatic N) is 2. The Hall–Kier alpha value is -1.74. The Morgan fingerprint density at radius 2 is 1.89 bits per heavy atom. The molecule has 0 amide bonds. The fraction of sp³-hybridized carbons (Fsp3) is 0.400. The highest BCUT2D eigenvalue weighted by Crippen LogP contribution is 2.30. The number of nitrogens with one attached hydrogen (secondary N) is 2. The quantitative estimate of drug-likeness (QED) is 0.265. The molecule has 0 saturated heterocycles. The summed E-state index contributed by atoms with van der Waals surface area (Å²) in [5, 5.41) is 7.13. The molecule has 0 spiro atoms. The van der Waals surface area contributed by atoms with E-state index in [4.69, 9.17) is 21.1 Å². The zero-order chi connectivity index (χ0) is 18.9. The van der Waals surface area contributed by atoms with Crippen LogP contribution in [0.1, 0.15) is 24.5 Å². The topological polar surface area (TPSA) is 67.8 Å². The minimum Gasteiger partial charge on any atom is -0.490 e. The van der Waals surface area contributed by atoms with E-state index in [0.717, 1.165) is 54.5 Å². The van der Waals surface area contributed by atoms with Gasteiger partial charge in [-0.1, -0.05) is 23.7 Å². The molecule has 1 aliphatic rings. The molecule has 0 atom stereocenters. The maximum Gasteiger partial charge on any atom is 0.191 e. The minimum absolute atomic E-state index is 0. The lowest BCUT2D eigenvalue weighted by Crippen LogP contribution is -2.38. The first-order valence-corrected chi connectivity index (χ1v) is 9.63. The lowest BCUT2D eigenvalue weighted by molar-refractivity contribution is 0.297. The number of benzene rings is 1. The zero-order valence-corrected chi connectivity index (χ0v) is 19.0. The van der Waals surface area contributed by atoms with Crippen molar-refractivity contribution >= 4 is 41.5 Å². The maximum absolute atomic E-state index is 5.82. The molecule has 0 unspecified atom stereocenters. The van der Waals surface area contributed by atoms with Crippen LogP contribution in [0.4, 0.5) is 0 Å². The van der Waals surface area contributed by atoms with E-state index >= 15 is 0 Å². The van der Waals surface area contributed by atoms with Gasteiger partial charge < -0.3 is 20.1 Å². The summed E-state index contributed by atoms with van der Waals surface area (Å²) >= 11 is 5.82. The molecule has 2 aromatic rings. The van der Waals surface area contributed by atoms with Gasteiger partial charge in [0.1, 0.15) is 5.15 Å². The highest BCUT2D eigenvalue weighted by Gasteiger charge is 2.10. The zero-order valence-electron chi connectivity index (χ0n) is 15.9. The van der Waals surface area contributed by atoms with Crippen molar-refractivity contribution in [2.45, 2.75) is 26.3 Å². The first-order valence-electron chi connectivity index (χ1n) is 9.25. The van der Waals surface area contributed by atoms with Gasteiger partial charge in [0, 0.05) is 25.7 Å². The van der Waals surface area contributed by atoms with Crippen molar-refractivity contribution in [2.75, 3.05) is 26.3 Å². The van der Waals surface area contributed by atoms with Crippen LogP contribution >= 0.6 is 35.6 Å². The Kier molecular flexibility index (Phi) is 9.63. The second kappa shape index (κ2) is 12.0. The normalized spacial score (nSPS) is 13.3. The molecule has 3 rings (SSSR count). The maximum atomic E-state index is 5.82. The Balaban J connectivity index is 0.00000280. The van der Waals surface area contributed by atoms with Gasteiger partial charge in [-0.3, -0.25) is 0 Å². The van der Waals surface area contributed by atoms with Gasteiger partial charge in [0.25, 0.3) is 0 Å². The summed E-state index contributed by atoms with van der Waals surface area (Å²) < 4.78 is 11.4. The smallest absolute Gasteiger partial charge is 0.191 e. The highest BCUT2D eigenvalue weighted by molar-refractivity contribution is 14.0. The van der Waals surface area contributed by atoms with Gasteiger partial charge >= 0.3 is 0 Å². The van der Waals surface area contributed by atoms with Crippen molar-refractivity contribution in [1.82, 2.24) is 15.6 Å². The van der Waals surface area contributed by atoms with Crippen molar-refractivity contribution < 1.29 is 9.47 Å². The van der Waals surface area contributed by atoms with E-state index in [2.05, 4.69) is 20.6 Å². The highest BCUT2D eigenvalue weighted by atomic mass is 127. The summed E-state index contributed by atoms with van der Waals surface area (Å²) in [4.78, 5) is 8.76. The molecule has 2 heterocycles. The molecule has 2 N–H and O–H groups in total. The molecule has 6 nitrogen and oxygen atoms in total. The van der Waals surface area contributed by atoms with Gasteiger partial charge in [-0.25, -0.2) is 9.98 Å². The summed E-state index contributed by atoms with van der Waals surface area (Å²) in [6.07, 6.45) is 3.55. The second-order valence-electron chi connectivity index (χ2n) is 6.19. The van der Waals surface area contributed by atoms with E-state index in [1.54, 1.807) is 12.3 Å². The minimum atomic E-state index is 0. The van der Waals surface area contributed by atoms with E-state index in [1.165, 1.54) is 0 Å². The molecule has 1 aromatic carbocycles. The van der Waals surface area contributed by atoms with Crippen LogP contribution in [0.15, 0.2) is 41.5 Å². The molecule has 28 heavy (non-hydrogen) atoms. The molecule has 152 valence electrons. The van der Waals surface area contributed by atoms with Crippen LogP contribution < -0.4 is 20.1 Å². The van der Waals surface area contributed by atoms with Gasteiger partial charge in [-0.2, -0.15) is 0 Å². The number of guanidine groups is 1.